The molecular formula is C21H21Cl2N5O3S. The molecule has 8 nitrogen and oxygen atoms in total. The molecule has 3 aromatic rings. The van der Waals surface area contributed by atoms with E-state index in [2.05, 4.69) is 20.7 Å². The molecule has 11 heteroatoms. The first-order valence-electron chi connectivity index (χ1n) is 9.77. The Hall–Kier alpha value is -2.62. The van der Waals surface area contributed by atoms with Gasteiger partial charge in [-0.1, -0.05) is 60.5 Å². The van der Waals surface area contributed by atoms with Crippen molar-refractivity contribution in [3.05, 3.63) is 63.6 Å². The van der Waals surface area contributed by atoms with E-state index in [1.807, 2.05) is 37.3 Å². The van der Waals surface area contributed by atoms with Crippen LogP contribution in [0.1, 0.15) is 24.5 Å². The number of carbonyl (C=O) groups is 2. The van der Waals surface area contributed by atoms with Crippen LogP contribution >= 0.6 is 35.0 Å². The lowest BCUT2D eigenvalue weighted by Gasteiger charge is -2.15. The van der Waals surface area contributed by atoms with Crippen LogP contribution in [0.5, 0.6) is 0 Å². The van der Waals surface area contributed by atoms with E-state index in [0.717, 1.165) is 22.9 Å². The number of hydrogen-bond donors (Lipinski definition) is 1. The fourth-order valence-corrected chi connectivity index (χ4v) is 4.31. The summed E-state index contributed by atoms with van der Waals surface area (Å²) in [5, 5.41) is 15.9. The fraction of sp³-hybridized carbons (Fsp3) is 0.286. The number of aryl methyl sites for hydroxylation is 1. The Morgan fingerprint density at radius 1 is 1.19 bits per heavy atom. The van der Waals surface area contributed by atoms with Crippen molar-refractivity contribution < 1.29 is 14.3 Å². The third kappa shape index (κ3) is 6.69. The van der Waals surface area contributed by atoms with Gasteiger partial charge in [-0.25, -0.2) is 4.79 Å². The number of Topliss-reactive ketones (excluding diaryl/α,β-unsaturated/α-hetero) is 1. The van der Waals surface area contributed by atoms with Crippen LogP contribution < -0.4 is 5.32 Å². The number of amides is 1. The van der Waals surface area contributed by atoms with Gasteiger partial charge in [0.2, 0.25) is 5.16 Å². The van der Waals surface area contributed by atoms with Gasteiger partial charge in [-0.2, -0.15) is 4.80 Å². The van der Waals surface area contributed by atoms with Crippen molar-refractivity contribution in [2.75, 3.05) is 0 Å². The zero-order valence-electron chi connectivity index (χ0n) is 17.4. The molecule has 1 unspecified atom stereocenters. The predicted molar refractivity (Wildman–Crippen MR) is 122 cm³/mol. The Labute approximate surface area is 199 Å². The summed E-state index contributed by atoms with van der Waals surface area (Å²) in [6.45, 7) is 3.65. The molecule has 2 aromatic carbocycles. The van der Waals surface area contributed by atoms with Crippen LogP contribution in [0.25, 0.3) is 0 Å². The minimum atomic E-state index is -0.735. The second-order valence-corrected chi connectivity index (χ2v) is 8.69. The van der Waals surface area contributed by atoms with Crippen molar-refractivity contribution in [2.24, 2.45) is 0 Å². The van der Waals surface area contributed by atoms with Crippen LogP contribution in [0.4, 0.5) is 4.79 Å². The van der Waals surface area contributed by atoms with Gasteiger partial charge in [-0.05, 0) is 53.6 Å². The summed E-state index contributed by atoms with van der Waals surface area (Å²) < 4.78 is 5.18. The molecule has 1 heterocycles. The highest BCUT2D eigenvalue weighted by atomic mass is 35.5. The maximum absolute atomic E-state index is 12.6. The zero-order chi connectivity index (χ0) is 23.1. The average Bonchev–Trinajstić information content (AvgIpc) is 3.20. The van der Waals surface area contributed by atoms with Crippen molar-refractivity contribution >= 4 is 46.8 Å². The molecule has 0 aliphatic heterocycles. The first-order chi connectivity index (χ1) is 15.4. The summed E-state index contributed by atoms with van der Waals surface area (Å²) in [6, 6.07) is 12.1. The van der Waals surface area contributed by atoms with Crippen molar-refractivity contribution in [1.82, 2.24) is 25.5 Å². The average molecular weight is 494 g/mol. The maximum Gasteiger partial charge on any atom is 0.408 e. The number of alkyl carbamates (subject to hydrolysis) is 1. The Morgan fingerprint density at radius 3 is 2.53 bits per heavy atom. The van der Waals surface area contributed by atoms with Gasteiger partial charge in [0.1, 0.15) is 13.2 Å². The Morgan fingerprint density at radius 2 is 1.88 bits per heavy atom. The SMILES string of the molecule is CCC(NC(=O)OCc1ccccc1)C(=O)Cn1nnc(Sc2c(Cl)cc(C)cc2Cl)n1. The van der Waals surface area contributed by atoms with E-state index < -0.39 is 12.1 Å². The summed E-state index contributed by atoms with van der Waals surface area (Å²) in [4.78, 5) is 26.5. The molecule has 168 valence electrons. The number of rotatable bonds is 9. The fourth-order valence-electron chi connectivity index (χ4n) is 2.78. The number of benzene rings is 2. The second-order valence-electron chi connectivity index (χ2n) is 6.90. The summed E-state index contributed by atoms with van der Waals surface area (Å²) in [6.07, 6.45) is -0.273. The van der Waals surface area contributed by atoms with Crippen LogP contribution in [-0.4, -0.2) is 38.1 Å². The second kappa shape index (κ2) is 11.3. The lowest BCUT2D eigenvalue weighted by molar-refractivity contribution is -0.122. The monoisotopic (exact) mass is 493 g/mol. The molecule has 3 rings (SSSR count). The zero-order valence-corrected chi connectivity index (χ0v) is 19.7. The molecule has 0 aliphatic rings. The standard InChI is InChI=1S/C21H21Cl2N5O3S/c1-3-17(24-21(30)31-12-14-7-5-4-6-8-14)18(29)11-28-26-20(25-27-28)32-19-15(22)9-13(2)10-16(19)23/h4-10,17H,3,11-12H2,1-2H3,(H,24,30). The molecule has 0 spiro atoms. The molecule has 1 amide bonds. The van der Waals surface area contributed by atoms with Crippen molar-refractivity contribution in [3.8, 4) is 0 Å². The van der Waals surface area contributed by atoms with Gasteiger partial charge in [0, 0.05) is 0 Å². The van der Waals surface area contributed by atoms with Crippen molar-refractivity contribution in [2.45, 2.75) is 49.5 Å². The van der Waals surface area contributed by atoms with E-state index in [9.17, 15) is 9.59 Å². The van der Waals surface area contributed by atoms with Crippen molar-refractivity contribution in [3.63, 3.8) is 0 Å². The van der Waals surface area contributed by atoms with Gasteiger partial charge < -0.3 is 10.1 Å². The van der Waals surface area contributed by atoms with E-state index in [1.54, 1.807) is 19.1 Å². The van der Waals surface area contributed by atoms with Gasteiger partial charge >= 0.3 is 6.09 Å². The molecule has 0 radical (unpaired) electrons. The maximum atomic E-state index is 12.6. The molecule has 1 atom stereocenters. The first-order valence-corrected chi connectivity index (χ1v) is 11.3. The van der Waals surface area contributed by atoms with Crippen LogP contribution in [0.2, 0.25) is 10.0 Å². The van der Waals surface area contributed by atoms with Gasteiger partial charge in [-0.15, -0.1) is 10.2 Å². The minimum absolute atomic E-state index is 0.118. The van der Waals surface area contributed by atoms with Gasteiger partial charge in [-0.3, -0.25) is 4.79 Å². The number of tetrazole rings is 1. The number of hydrogen-bond acceptors (Lipinski definition) is 7. The summed E-state index contributed by atoms with van der Waals surface area (Å²) in [5.41, 5.74) is 1.79. The molecule has 0 saturated heterocycles. The van der Waals surface area contributed by atoms with E-state index in [1.165, 1.54) is 4.80 Å². The van der Waals surface area contributed by atoms with Gasteiger partial charge in [0.25, 0.3) is 0 Å². The van der Waals surface area contributed by atoms with Gasteiger partial charge in [0.05, 0.1) is 21.0 Å². The third-order valence-electron chi connectivity index (χ3n) is 4.37. The largest absolute Gasteiger partial charge is 0.445 e. The number of aromatic nitrogens is 4. The van der Waals surface area contributed by atoms with E-state index >= 15 is 0 Å². The molecule has 0 fully saturated rings. The number of ether oxygens (including phenoxy) is 1. The molecule has 0 saturated carbocycles. The summed E-state index contributed by atoms with van der Waals surface area (Å²) in [5.74, 6) is -0.274. The van der Waals surface area contributed by atoms with E-state index in [4.69, 9.17) is 27.9 Å². The predicted octanol–water partition coefficient (Wildman–Crippen LogP) is 4.71. The Bertz CT molecular complexity index is 1070. The number of nitrogens with zero attached hydrogens (tertiary/aromatic N) is 4. The number of carbonyl (C=O) groups excluding carboxylic acids is 2. The molecule has 1 aromatic heterocycles. The molecule has 0 bridgehead atoms. The van der Waals surface area contributed by atoms with E-state index in [0.29, 0.717) is 26.5 Å². The van der Waals surface area contributed by atoms with Crippen LogP contribution in [-0.2, 0) is 22.7 Å². The summed E-state index contributed by atoms with van der Waals surface area (Å²) >= 11 is 13.7. The summed E-state index contributed by atoms with van der Waals surface area (Å²) in [7, 11) is 0. The van der Waals surface area contributed by atoms with Gasteiger partial charge in [0.15, 0.2) is 5.78 Å². The lowest BCUT2D eigenvalue weighted by Crippen LogP contribution is -2.42. The van der Waals surface area contributed by atoms with Crippen LogP contribution in [0, 0.1) is 6.92 Å². The molecule has 0 aliphatic carbocycles. The number of halogens is 2. The Balaban J connectivity index is 1.55. The van der Waals surface area contributed by atoms with Crippen molar-refractivity contribution in [1.29, 1.82) is 0 Å². The minimum Gasteiger partial charge on any atom is -0.445 e. The normalized spacial score (nSPS) is 11.8. The smallest absolute Gasteiger partial charge is 0.408 e. The Kier molecular flexibility index (Phi) is 8.49. The highest BCUT2D eigenvalue weighted by Crippen LogP contribution is 2.37. The first kappa shape index (κ1) is 24.0. The highest BCUT2D eigenvalue weighted by Gasteiger charge is 2.21. The van der Waals surface area contributed by atoms with E-state index in [-0.39, 0.29) is 18.9 Å². The molecule has 1 N–H and O–H groups in total. The number of ketones is 1. The topological polar surface area (TPSA) is 99.0 Å². The quantitative estimate of drug-likeness (QED) is 0.460. The lowest BCUT2D eigenvalue weighted by atomic mass is 10.1. The number of nitrogens with one attached hydrogen (secondary N) is 1. The molecule has 32 heavy (non-hydrogen) atoms. The molecular weight excluding hydrogens is 473 g/mol. The third-order valence-corrected chi connectivity index (χ3v) is 6.18. The van der Waals surface area contributed by atoms with Crippen LogP contribution in [0.15, 0.2) is 52.5 Å². The van der Waals surface area contributed by atoms with Crippen LogP contribution in [0.3, 0.4) is 0 Å². The highest BCUT2D eigenvalue weighted by molar-refractivity contribution is 7.99.